The van der Waals surface area contributed by atoms with Crippen LogP contribution in [0.1, 0.15) is 44.9 Å². The highest BCUT2D eigenvalue weighted by molar-refractivity contribution is 7.87. The molecule has 2 aliphatic carbocycles. The second kappa shape index (κ2) is 2.98. The smallest absolute Gasteiger partial charge is 0.275 e. The molecule has 1 spiro atoms. The van der Waals surface area contributed by atoms with E-state index in [0.717, 1.165) is 50.6 Å². The van der Waals surface area contributed by atoms with Crippen LogP contribution in [-0.2, 0) is 10.2 Å². The van der Waals surface area contributed by atoms with Gasteiger partial charge in [-0.1, -0.05) is 12.8 Å². The van der Waals surface area contributed by atoms with Crippen molar-refractivity contribution in [2.45, 2.75) is 50.5 Å². The lowest BCUT2D eigenvalue weighted by Gasteiger charge is -2.36. The number of fused-ring (bicyclic) bond motifs is 1. The number of nitrogens with one attached hydrogen (secondary N) is 2. The Bertz CT molecular complexity index is 419. The lowest BCUT2D eigenvalue weighted by molar-refractivity contribution is 0.428. The van der Waals surface area contributed by atoms with E-state index in [4.69, 9.17) is 0 Å². The van der Waals surface area contributed by atoms with E-state index in [-0.39, 0.29) is 5.54 Å². The van der Waals surface area contributed by atoms with Gasteiger partial charge in [-0.15, -0.1) is 0 Å². The van der Waals surface area contributed by atoms with Gasteiger partial charge in [0.25, 0.3) is 10.2 Å². The molecule has 15 heavy (non-hydrogen) atoms. The van der Waals surface area contributed by atoms with Gasteiger partial charge in [-0.3, -0.25) is 4.72 Å². The standard InChI is InChI=1S/C10H16N2O2S/c13-15(14)11-9-5-3-4-8(9)10(12-15)6-1-2-7-10/h11-12H,1-7H2. The van der Waals surface area contributed by atoms with Crippen molar-refractivity contribution in [2.24, 2.45) is 0 Å². The third-order valence-electron chi connectivity index (χ3n) is 3.84. The molecule has 0 aromatic heterocycles. The van der Waals surface area contributed by atoms with Crippen LogP contribution in [0.4, 0.5) is 0 Å². The summed E-state index contributed by atoms with van der Waals surface area (Å²) >= 11 is 0. The molecule has 0 aromatic carbocycles. The Hall–Kier alpha value is -0.550. The van der Waals surface area contributed by atoms with E-state index in [9.17, 15) is 8.42 Å². The highest BCUT2D eigenvalue weighted by atomic mass is 32.2. The summed E-state index contributed by atoms with van der Waals surface area (Å²) in [4.78, 5) is 0. The predicted molar refractivity (Wildman–Crippen MR) is 57.3 cm³/mol. The molecule has 5 heteroatoms. The molecule has 1 aliphatic heterocycles. The van der Waals surface area contributed by atoms with E-state index in [1.165, 1.54) is 5.57 Å². The molecular weight excluding hydrogens is 212 g/mol. The minimum atomic E-state index is -3.29. The third kappa shape index (κ3) is 1.40. The summed E-state index contributed by atoms with van der Waals surface area (Å²) in [6.45, 7) is 0. The monoisotopic (exact) mass is 228 g/mol. The van der Waals surface area contributed by atoms with Crippen molar-refractivity contribution < 1.29 is 8.42 Å². The van der Waals surface area contributed by atoms with Gasteiger partial charge in [0.15, 0.2) is 0 Å². The van der Waals surface area contributed by atoms with Crippen LogP contribution in [-0.4, -0.2) is 14.0 Å². The molecule has 3 aliphatic rings. The molecule has 1 fully saturated rings. The summed E-state index contributed by atoms with van der Waals surface area (Å²) in [6, 6.07) is 0. The van der Waals surface area contributed by atoms with Crippen molar-refractivity contribution in [1.82, 2.24) is 9.44 Å². The normalized spacial score (nSPS) is 31.7. The first-order chi connectivity index (χ1) is 7.11. The second-order valence-corrected chi connectivity index (χ2v) is 6.22. The Labute approximate surface area is 90.3 Å². The maximum Gasteiger partial charge on any atom is 0.299 e. The van der Waals surface area contributed by atoms with Gasteiger partial charge in [0.2, 0.25) is 0 Å². The quantitative estimate of drug-likeness (QED) is 0.654. The molecular formula is C10H16N2O2S. The van der Waals surface area contributed by atoms with E-state index in [1.807, 2.05) is 0 Å². The highest BCUT2D eigenvalue weighted by Gasteiger charge is 2.46. The summed E-state index contributed by atoms with van der Waals surface area (Å²) in [7, 11) is -3.29. The number of hydrogen-bond acceptors (Lipinski definition) is 2. The Morgan fingerprint density at radius 3 is 2.53 bits per heavy atom. The van der Waals surface area contributed by atoms with Crippen molar-refractivity contribution in [2.75, 3.05) is 0 Å². The first kappa shape index (κ1) is 9.66. The van der Waals surface area contributed by atoms with E-state index in [1.54, 1.807) is 0 Å². The van der Waals surface area contributed by atoms with Crippen LogP contribution < -0.4 is 9.44 Å². The molecule has 3 rings (SSSR count). The minimum Gasteiger partial charge on any atom is -0.275 e. The van der Waals surface area contributed by atoms with Crippen LogP contribution in [0.2, 0.25) is 0 Å². The van der Waals surface area contributed by atoms with Crippen LogP contribution in [0.3, 0.4) is 0 Å². The highest BCUT2D eigenvalue weighted by Crippen LogP contribution is 2.44. The minimum absolute atomic E-state index is 0.212. The van der Waals surface area contributed by atoms with Crippen LogP contribution >= 0.6 is 0 Å². The molecule has 0 aromatic rings. The molecule has 0 bridgehead atoms. The average Bonchev–Trinajstić information content (AvgIpc) is 2.72. The van der Waals surface area contributed by atoms with Crippen molar-refractivity contribution in [3.63, 3.8) is 0 Å². The van der Waals surface area contributed by atoms with Crippen molar-refractivity contribution in [3.05, 3.63) is 11.3 Å². The van der Waals surface area contributed by atoms with Crippen molar-refractivity contribution in [1.29, 1.82) is 0 Å². The molecule has 4 nitrogen and oxygen atoms in total. The molecule has 0 amide bonds. The van der Waals surface area contributed by atoms with Gasteiger partial charge in [0, 0.05) is 5.70 Å². The van der Waals surface area contributed by atoms with Gasteiger partial charge < -0.3 is 0 Å². The fraction of sp³-hybridized carbons (Fsp3) is 0.800. The Morgan fingerprint density at radius 2 is 1.80 bits per heavy atom. The Balaban J connectivity index is 2.09. The molecule has 0 atom stereocenters. The molecule has 1 saturated carbocycles. The van der Waals surface area contributed by atoms with Crippen LogP contribution in [0.25, 0.3) is 0 Å². The first-order valence-corrected chi connectivity index (χ1v) is 7.14. The average molecular weight is 228 g/mol. The van der Waals surface area contributed by atoms with E-state index in [2.05, 4.69) is 9.44 Å². The van der Waals surface area contributed by atoms with Crippen molar-refractivity contribution in [3.8, 4) is 0 Å². The zero-order valence-electron chi connectivity index (χ0n) is 8.67. The van der Waals surface area contributed by atoms with E-state index >= 15 is 0 Å². The van der Waals surface area contributed by atoms with Gasteiger partial charge in [-0.25, -0.2) is 0 Å². The van der Waals surface area contributed by atoms with E-state index in [0.29, 0.717) is 0 Å². The predicted octanol–water partition coefficient (Wildman–Crippen LogP) is 1.17. The first-order valence-electron chi connectivity index (χ1n) is 5.66. The van der Waals surface area contributed by atoms with E-state index < -0.39 is 10.2 Å². The Morgan fingerprint density at radius 1 is 1.07 bits per heavy atom. The Kier molecular flexibility index (Phi) is 1.92. The van der Waals surface area contributed by atoms with Gasteiger partial charge in [0.05, 0.1) is 5.54 Å². The summed E-state index contributed by atoms with van der Waals surface area (Å²) in [5.74, 6) is 0. The fourth-order valence-electron chi connectivity index (χ4n) is 3.27. The SMILES string of the molecule is O=S1(=O)NC2=C(CCC2)C2(CCCC2)N1. The lowest BCUT2D eigenvalue weighted by atomic mass is 9.88. The van der Waals surface area contributed by atoms with Gasteiger partial charge in [-0.2, -0.15) is 13.1 Å². The molecule has 2 N–H and O–H groups in total. The van der Waals surface area contributed by atoms with Crippen molar-refractivity contribution >= 4 is 10.2 Å². The summed E-state index contributed by atoms with van der Waals surface area (Å²) < 4.78 is 28.9. The largest absolute Gasteiger partial charge is 0.299 e. The third-order valence-corrected chi connectivity index (χ3v) is 5.01. The van der Waals surface area contributed by atoms with Gasteiger partial charge in [0.1, 0.15) is 0 Å². The second-order valence-electron chi connectivity index (χ2n) is 4.81. The van der Waals surface area contributed by atoms with Crippen LogP contribution in [0, 0.1) is 0 Å². The molecule has 0 saturated heterocycles. The van der Waals surface area contributed by atoms with Crippen LogP contribution in [0.5, 0.6) is 0 Å². The molecule has 0 radical (unpaired) electrons. The fourth-order valence-corrected chi connectivity index (χ4v) is 4.72. The molecule has 1 heterocycles. The van der Waals surface area contributed by atoms with Gasteiger partial charge in [-0.05, 0) is 37.7 Å². The van der Waals surface area contributed by atoms with Crippen LogP contribution in [0.15, 0.2) is 11.3 Å². The maximum atomic E-state index is 11.7. The lowest BCUT2D eigenvalue weighted by Crippen LogP contribution is -2.55. The maximum absolute atomic E-state index is 11.7. The summed E-state index contributed by atoms with van der Waals surface area (Å²) in [5.41, 5.74) is 2.11. The summed E-state index contributed by atoms with van der Waals surface area (Å²) in [5, 5.41) is 0. The molecule has 0 unspecified atom stereocenters. The number of allylic oxidation sites excluding steroid dienone is 1. The number of hydrogen-bond donors (Lipinski definition) is 2. The zero-order chi connectivity index (χ0) is 10.5. The molecule has 84 valence electrons. The zero-order valence-corrected chi connectivity index (χ0v) is 9.49. The van der Waals surface area contributed by atoms with Gasteiger partial charge >= 0.3 is 0 Å². The number of rotatable bonds is 0. The summed E-state index contributed by atoms with van der Waals surface area (Å²) in [6.07, 6.45) is 7.29. The topological polar surface area (TPSA) is 58.2 Å².